The van der Waals surface area contributed by atoms with E-state index in [0.717, 1.165) is 6.29 Å². The zero-order valence-electron chi connectivity index (χ0n) is 15.7. The van der Waals surface area contributed by atoms with Gasteiger partial charge in [-0.2, -0.15) is 5.10 Å². The maximum absolute atomic E-state index is 13.9. The molecule has 0 saturated carbocycles. The number of rotatable bonds is 5. The standard InChI is InChI=1S/C21H19FN4O3/c1-29-20-8-3-2-7-18(20)26-19(14-5-4-6-15(22)9-14)10-17(24-26)21(28)25-11-16(12-27)23-13-25/h2-10,12,16,23H,11,13H2,1H3. The van der Waals surface area contributed by atoms with Crippen LogP contribution in [0.25, 0.3) is 16.9 Å². The lowest BCUT2D eigenvalue weighted by atomic mass is 10.1. The highest BCUT2D eigenvalue weighted by Gasteiger charge is 2.28. The molecule has 2 aromatic carbocycles. The minimum atomic E-state index is -0.391. The van der Waals surface area contributed by atoms with Crippen molar-refractivity contribution in [2.45, 2.75) is 6.04 Å². The van der Waals surface area contributed by atoms with Crippen LogP contribution in [0.15, 0.2) is 54.6 Å². The number of para-hydroxylation sites is 2. The average Bonchev–Trinajstić information content (AvgIpc) is 3.40. The number of hydrogen-bond donors (Lipinski definition) is 1. The van der Waals surface area contributed by atoms with Gasteiger partial charge in [0.25, 0.3) is 5.91 Å². The van der Waals surface area contributed by atoms with Crippen molar-refractivity contribution in [2.75, 3.05) is 20.3 Å². The van der Waals surface area contributed by atoms with Crippen LogP contribution in [-0.2, 0) is 4.79 Å². The number of hydrogen-bond acceptors (Lipinski definition) is 5. The van der Waals surface area contributed by atoms with Gasteiger partial charge in [0.05, 0.1) is 25.5 Å². The molecule has 1 atom stereocenters. The Morgan fingerprint density at radius 3 is 2.79 bits per heavy atom. The molecule has 1 aromatic heterocycles. The van der Waals surface area contributed by atoms with Crippen molar-refractivity contribution in [3.05, 3.63) is 66.1 Å². The van der Waals surface area contributed by atoms with E-state index in [0.29, 0.717) is 22.7 Å². The van der Waals surface area contributed by atoms with E-state index < -0.39 is 6.04 Å². The fourth-order valence-corrected chi connectivity index (χ4v) is 3.33. The summed E-state index contributed by atoms with van der Waals surface area (Å²) in [7, 11) is 1.55. The highest BCUT2D eigenvalue weighted by Crippen LogP contribution is 2.30. The van der Waals surface area contributed by atoms with Crippen molar-refractivity contribution >= 4 is 12.2 Å². The van der Waals surface area contributed by atoms with Crippen LogP contribution in [0, 0.1) is 5.82 Å². The topological polar surface area (TPSA) is 76.5 Å². The summed E-state index contributed by atoms with van der Waals surface area (Å²) in [5, 5.41) is 7.45. The monoisotopic (exact) mass is 394 g/mol. The van der Waals surface area contributed by atoms with E-state index in [-0.39, 0.29) is 30.6 Å². The van der Waals surface area contributed by atoms with Crippen molar-refractivity contribution in [3.8, 4) is 22.7 Å². The summed E-state index contributed by atoms with van der Waals surface area (Å²) in [6.07, 6.45) is 0.777. The van der Waals surface area contributed by atoms with Crippen LogP contribution in [0.3, 0.4) is 0 Å². The number of amides is 1. The van der Waals surface area contributed by atoms with E-state index in [4.69, 9.17) is 4.74 Å². The fourth-order valence-electron chi connectivity index (χ4n) is 3.33. The molecule has 1 saturated heterocycles. The zero-order valence-corrected chi connectivity index (χ0v) is 15.7. The Kier molecular flexibility index (Phi) is 5.09. The smallest absolute Gasteiger partial charge is 0.275 e. The van der Waals surface area contributed by atoms with Gasteiger partial charge in [-0.1, -0.05) is 24.3 Å². The van der Waals surface area contributed by atoms with Crippen LogP contribution in [0.2, 0.25) is 0 Å². The van der Waals surface area contributed by atoms with Crippen molar-refractivity contribution in [1.82, 2.24) is 20.0 Å². The SMILES string of the molecule is COc1ccccc1-n1nc(C(=O)N2CNC(C=O)C2)cc1-c1cccc(F)c1. The summed E-state index contributed by atoms with van der Waals surface area (Å²) in [4.78, 5) is 25.4. The third kappa shape index (κ3) is 3.62. The Hall–Kier alpha value is -3.52. The summed E-state index contributed by atoms with van der Waals surface area (Å²) < 4.78 is 20.9. The number of aromatic nitrogens is 2. The first-order valence-corrected chi connectivity index (χ1v) is 9.08. The minimum Gasteiger partial charge on any atom is -0.494 e. The third-order valence-electron chi connectivity index (χ3n) is 4.78. The lowest BCUT2D eigenvalue weighted by molar-refractivity contribution is -0.109. The number of methoxy groups -OCH3 is 1. The Morgan fingerprint density at radius 1 is 1.24 bits per heavy atom. The van der Waals surface area contributed by atoms with Crippen LogP contribution in [0.4, 0.5) is 4.39 Å². The fraction of sp³-hybridized carbons (Fsp3) is 0.190. The molecule has 1 aliphatic rings. The lowest BCUT2D eigenvalue weighted by Gasteiger charge is -2.13. The van der Waals surface area contributed by atoms with Gasteiger partial charge in [-0.05, 0) is 30.3 Å². The van der Waals surface area contributed by atoms with E-state index in [1.165, 1.54) is 17.0 Å². The summed E-state index contributed by atoms with van der Waals surface area (Å²) >= 11 is 0. The molecular formula is C21H19FN4O3. The van der Waals surface area contributed by atoms with Crippen LogP contribution < -0.4 is 10.1 Å². The van der Waals surface area contributed by atoms with Gasteiger partial charge < -0.3 is 14.4 Å². The highest BCUT2D eigenvalue weighted by atomic mass is 19.1. The second kappa shape index (κ2) is 7.84. The first-order valence-electron chi connectivity index (χ1n) is 9.08. The normalized spacial score (nSPS) is 16.1. The van der Waals surface area contributed by atoms with Crippen molar-refractivity contribution in [1.29, 1.82) is 0 Å². The molecule has 1 unspecified atom stereocenters. The van der Waals surface area contributed by atoms with Crippen molar-refractivity contribution in [2.24, 2.45) is 0 Å². The Bertz CT molecular complexity index is 1070. The van der Waals surface area contributed by atoms with Crippen LogP contribution in [0.5, 0.6) is 5.75 Å². The van der Waals surface area contributed by atoms with Crippen LogP contribution in [0.1, 0.15) is 10.5 Å². The van der Waals surface area contributed by atoms with Gasteiger partial charge in [0, 0.05) is 12.1 Å². The molecule has 7 nitrogen and oxygen atoms in total. The molecule has 2 heterocycles. The van der Waals surface area contributed by atoms with Crippen LogP contribution in [-0.4, -0.2) is 53.2 Å². The predicted octanol–water partition coefficient (Wildman–Crippen LogP) is 2.26. The van der Waals surface area contributed by atoms with Crippen molar-refractivity contribution in [3.63, 3.8) is 0 Å². The van der Waals surface area contributed by atoms with Gasteiger partial charge in [-0.3, -0.25) is 10.1 Å². The van der Waals surface area contributed by atoms with E-state index in [1.54, 1.807) is 36.1 Å². The first-order chi connectivity index (χ1) is 14.1. The van der Waals surface area contributed by atoms with E-state index in [9.17, 15) is 14.0 Å². The molecule has 4 rings (SSSR count). The quantitative estimate of drug-likeness (QED) is 0.672. The molecule has 1 fully saturated rings. The molecule has 0 radical (unpaired) electrons. The number of nitrogens with one attached hydrogen (secondary N) is 1. The molecule has 8 heteroatoms. The highest BCUT2D eigenvalue weighted by molar-refractivity contribution is 5.94. The number of ether oxygens (including phenoxy) is 1. The van der Waals surface area contributed by atoms with E-state index in [2.05, 4.69) is 10.4 Å². The summed E-state index contributed by atoms with van der Waals surface area (Å²) in [6.45, 7) is 0.540. The number of benzene rings is 2. The Labute approximate surface area is 166 Å². The number of nitrogens with zero attached hydrogens (tertiary/aromatic N) is 3. The molecule has 1 amide bonds. The average molecular weight is 394 g/mol. The summed E-state index contributed by atoms with van der Waals surface area (Å²) in [6, 6.07) is 14.6. The molecule has 0 bridgehead atoms. The summed E-state index contributed by atoms with van der Waals surface area (Å²) in [5.41, 5.74) is 1.95. The molecule has 0 aliphatic carbocycles. The minimum absolute atomic E-state index is 0.198. The van der Waals surface area contributed by atoms with Gasteiger partial charge in [-0.25, -0.2) is 9.07 Å². The number of carbonyl (C=O) groups is 2. The third-order valence-corrected chi connectivity index (χ3v) is 4.78. The van der Waals surface area contributed by atoms with E-state index >= 15 is 0 Å². The maximum Gasteiger partial charge on any atom is 0.275 e. The first kappa shape index (κ1) is 18.8. The second-order valence-electron chi connectivity index (χ2n) is 6.64. The number of carbonyl (C=O) groups excluding carboxylic acids is 2. The molecule has 29 heavy (non-hydrogen) atoms. The Morgan fingerprint density at radius 2 is 2.07 bits per heavy atom. The molecule has 3 aromatic rings. The predicted molar refractivity (Wildman–Crippen MR) is 104 cm³/mol. The van der Waals surface area contributed by atoms with Gasteiger partial charge in [0.15, 0.2) is 5.69 Å². The maximum atomic E-state index is 13.9. The second-order valence-corrected chi connectivity index (χ2v) is 6.64. The van der Waals surface area contributed by atoms with Crippen LogP contribution >= 0.6 is 0 Å². The molecule has 1 N–H and O–H groups in total. The van der Waals surface area contributed by atoms with Gasteiger partial charge >= 0.3 is 0 Å². The summed E-state index contributed by atoms with van der Waals surface area (Å²) in [5.74, 6) is -0.134. The lowest BCUT2D eigenvalue weighted by Crippen LogP contribution is -2.30. The van der Waals surface area contributed by atoms with Crippen molar-refractivity contribution < 1.29 is 18.7 Å². The van der Waals surface area contributed by atoms with E-state index in [1.807, 2.05) is 18.2 Å². The van der Waals surface area contributed by atoms with Gasteiger partial charge in [-0.15, -0.1) is 0 Å². The molecule has 148 valence electrons. The van der Waals surface area contributed by atoms with Gasteiger partial charge in [0.1, 0.15) is 23.5 Å². The number of halogens is 1. The number of aldehydes is 1. The Balaban J connectivity index is 1.81. The zero-order chi connectivity index (χ0) is 20.4. The largest absolute Gasteiger partial charge is 0.494 e. The molecule has 0 spiro atoms. The van der Waals surface area contributed by atoms with Gasteiger partial charge in [0.2, 0.25) is 0 Å². The molecular weight excluding hydrogens is 375 g/mol. The molecule has 1 aliphatic heterocycles.